The lowest BCUT2D eigenvalue weighted by Gasteiger charge is -2.34. The highest BCUT2D eigenvalue weighted by Gasteiger charge is 2.25. The SMILES string of the molecule is CC(C)(C)CC(C)(C)NCC(O)COc1ccc(Cl)cc1. The molecule has 0 aromatic heterocycles. The molecule has 0 radical (unpaired) electrons. The number of aliphatic hydroxyl groups is 1. The highest BCUT2D eigenvalue weighted by Crippen LogP contribution is 2.26. The van der Waals surface area contributed by atoms with E-state index in [4.69, 9.17) is 16.3 Å². The summed E-state index contributed by atoms with van der Waals surface area (Å²) < 4.78 is 5.54. The van der Waals surface area contributed by atoms with E-state index >= 15 is 0 Å². The third kappa shape index (κ3) is 8.30. The van der Waals surface area contributed by atoms with Crippen LogP contribution in [0.1, 0.15) is 41.0 Å². The zero-order valence-electron chi connectivity index (χ0n) is 13.7. The van der Waals surface area contributed by atoms with Crippen LogP contribution in [-0.2, 0) is 0 Å². The molecule has 4 heteroatoms. The predicted octanol–water partition coefficient (Wildman–Crippen LogP) is 3.88. The van der Waals surface area contributed by atoms with Crippen molar-refractivity contribution < 1.29 is 9.84 Å². The van der Waals surface area contributed by atoms with Crippen molar-refractivity contribution >= 4 is 11.6 Å². The van der Waals surface area contributed by atoms with Crippen molar-refractivity contribution in [2.24, 2.45) is 5.41 Å². The van der Waals surface area contributed by atoms with Crippen molar-refractivity contribution in [2.75, 3.05) is 13.2 Å². The van der Waals surface area contributed by atoms with Gasteiger partial charge in [-0.05, 0) is 49.9 Å². The summed E-state index contributed by atoms with van der Waals surface area (Å²) in [5.41, 5.74) is 0.237. The van der Waals surface area contributed by atoms with Crippen molar-refractivity contribution in [1.29, 1.82) is 0 Å². The standard InChI is InChI=1S/C17H28ClNO2/c1-16(2,3)12-17(4,5)19-10-14(20)11-21-15-8-6-13(18)7-9-15/h6-9,14,19-20H,10-12H2,1-5H3. The normalized spacial score (nSPS) is 14.0. The summed E-state index contributed by atoms with van der Waals surface area (Å²) in [6.07, 6.45) is 0.491. The van der Waals surface area contributed by atoms with Crippen LogP contribution in [0.25, 0.3) is 0 Å². The number of β-amino-alcohol motifs (C(OH)–C–C–N with tert-alkyl or cyclic N) is 1. The van der Waals surface area contributed by atoms with Gasteiger partial charge < -0.3 is 15.2 Å². The fourth-order valence-electron chi connectivity index (χ4n) is 2.56. The number of halogens is 1. The van der Waals surface area contributed by atoms with Crippen molar-refractivity contribution in [3.8, 4) is 5.75 Å². The Morgan fingerprint density at radius 1 is 1.14 bits per heavy atom. The summed E-state index contributed by atoms with van der Waals surface area (Å²) in [7, 11) is 0. The molecule has 1 unspecified atom stereocenters. The summed E-state index contributed by atoms with van der Waals surface area (Å²) >= 11 is 5.81. The zero-order valence-corrected chi connectivity index (χ0v) is 14.5. The van der Waals surface area contributed by atoms with E-state index in [2.05, 4.69) is 39.9 Å². The molecule has 0 heterocycles. The highest BCUT2D eigenvalue weighted by molar-refractivity contribution is 6.30. The molecule has 2 N–H and O–H groups in total. The van der Waals surface area contributed by atoms with Crippen LogP contribution in [0.2, 0.25) is 5.02 Å². The van der Waals surface area contributed by atoms with Crippen LogP contribution in [0.5, 0.6) is 5.75 Å². The second-order valence-electron chi connectivity index (χ2n) is 7.42. The third-order valence-electron chi connectivity index (χ3n) is 3.04. The van der Waals surface area contributed by atoms with Crippen molar-refractivity contribution in [2.45, 2.75) is 52.7 Å². The van der Waals surface area contributed by atoms with Crippen LogP contribution in [0.4, 0.5) is 0 Å². The number of benzene rings is 1. The number of aliphatic hydroxyl groups excluding tert-OH is 1. The molecular weight excluding hydrogens is 286 g/mol. The molecule has 0 aliphatic rings. The van der Waals surface area contributed by atoms with Crippen LogP contribution >= 0.6 is 11.6 Å². The monoisotopic (exact) mass is 313 g/mol. The highest BCUT2D eigenvalue weighted by atomic mass is 35.5. The molecule has 0 bridgehead atoms. The summed E-state index contributed by atoms with van der Waals surface area (Å²) in [4.78, 5) is 0. The van der Waals surface area contributed by atoms with Gasteiger partial charge in [-0.2, -0.15) is 0 Å². The van der Waals surface area contributed by atoms with Gasteiger partial charge in [-0.1, -0.05) is 32.4 Å². The molecule has 120 valence electrons. The van der Waals surface area contributed by atoms with E-state index in [1.54, 1.807) is 24.3 Å². The maximum atomic E-state index is 10.0. The number of ether oxygens (including phenoxy) is 1. The second-order valence-corrected chi connectivity index (χ2v) is 7.86. The minimum atomic E-state index is -0.542. The molecule has 3 nitrogen and oxygen atoms in total. The molecule has 0 amide bonds. The van der Waals surface area contributed by atoms with Crippen LogP contribution in [0.3, 0.4) is 0 Å². The van der Waals surface area contributed by atoms with Crippen molar-refractivity contribution in [1.82, 2.24) is 5.32 Å². The van der Waals surface area contributed by atoms with Crippen LogP contribution in [-0.4, -0.2) is 29.9 Å². The Labute approximate surface area is 133 Å². The van der Waals surface area contributed by atoms with E-state index in [9.17, 15) is 5.11 Å². The van der Waals surface area contributed by atoms with Crippen molar-refractivity contribution in [3.05, 3.63) is 29.3 Å². The summed E-state index contributed by atoms with van der Waals surface area (Å²) in [5.74, 6) is 0.715. The van der Waals surface area contributed by atoms with Gasteiger partial charge in [0.1, 0.15) is 18.5 Å². The Kier molecular flexibility index (Phi) is 6.51. The van der Waals surface area contributed by atoms with E-state index in [1.165, 1.54) is 0 Å². The second kappa shape index (κ2) is 7.48. The summed E-state index contributed by atoms with van der Waals surface area (Å²) in [6.45, 7) is 11.7. The smallest absolute Gasteiger partial charge is 0.119 e. The lowest BCUT2D eigenvalue weighted by atomic mass is 9.82. The first-order chi connectivity index (χ1) is 9.57. The van der Waals surface area contributed by atoms with Gasteiger partial charge in [0.2, 0.25) is 0 Å². The van der Waals surface area contributed by atoms with Gasteiger partial charge in [0.15, 0.2) is 0 Å². The first kappa shape index (κ1) is 18.3. The minimum Gasteiger partial charge on any atom is -0.491 e. The Morgan fingerprint density at radius 2 is 1.71 bits per heavy atom. The Morgan fingerprint density at radius 3 is 2.24 bits per heavy atom. The van der Waals surface area contributed by atoms with Gasteiger partial charge in [-0.3, -0.25) is 0 Å². The van der Waals surface area contributed by atoms with Gasteiger partial charge in [-0.25, -0.2) is 0 Å². The van der Waals surface area contributed by atoms with Gasteiger partial charge in [0, 0.05) is 17.1 Å². The van der Waals surface area contributed by atoms with Gasteiger partial charge >= 0.3 is 0 Å². The quantitative estimate of drug-likeness (QED) is 0.802. The fraction of sp³-hybridized carbons (Fsp3) is 0.647. The molecule has 1 aromatic rings. The largest absolute Gasteiger partial charge is 0.491 e. The Hall–Kier alpha value is -0.770. The van der Waals surface area contributed by atoms with Gasteiger partial charge in [-0.15, -0.1) is 0 Å². The molecule has 21 heavy (non-hydrogen) atoms. The number of hydrogen-bond donors (Lipinski definition) is 2. The zero-order chi connectivity index (χ0) is 16.1. The molecule has 0 aliphatic carbocycles. The van der Waals surface area contributed by atoms with Crippen molar-refractivity contribution in [3.63, 3.8) is 0 Å². The fourth-order valence-corrected chi connectivity index (χ4v) is 2.69. The molecule has 0 fully saturated rings. The maximum absolute atomic E-state index is 10.0. The van der Waals surface area contributed by atoms with Crippen LogP contribution in [0.15, 0.2) is 24.3 Å². The summed E-state index contributed by atoms with van der Waals surface area (Å²) in [6, 6.07) is 7.14. The topological polar surface area (TPSA) is 41.5 Å². The number of rotatable bonds is 7. The van der Waals surface area contributed by atoms with E-state index in [1.807, 2.05) is 0 Å². The van der Waals surface area contributed by atoms with Crippen LogP contribution in [0, 0.1) is 5.41 Å². The molecule has 1 atom stereocenters. The lowest BCUT2D eigenvalue weighted by molar-refractivity contribution is 0.0944. The van der Waals surface area contributed by atoms with E-state index in [-0.39, 0.29) is 17.6 Å². The predicted molar refractivity (Wildman–Crippen MR) is 89.1 cm³/mol. The van der Waals surface area contributed by atoms with Gasteiger partial charge in [0.25, 0.3) is 0 Å². The molecule has 0 saturated heterocycles. The number of hydrogen-bond acceptors (Lipinski definition) is 3. The van der Waals surface area contributed by atoms with E-state index in [0.717, 1.165) is 6.42 Å². The average Bonchev–Trinajstić information content (AvgIpc) is 2.33. The maximum Gasteiger partial charge on any atom is 0.119 e. The third-order valence-corrected chi connectivity index (χ3v) is 3.30. The summed E-state index contributed by atoms with van der Waals surface area (Å²) in [5, 5.41) is 14.1. The first-order valence-corrected chi connectivity index (χ1v) is 7.77. The molecular formula is C17H28ClNO2. The molecule has 0 aliphatic heterocycles. The first-order valence-electron chi connectivity index (χ1n) is 7.39. The Balaban J connectivity index is 2.33. The molecule has 0 spiro atoms. The Bertz CT molecular complexity index is 423. The van der Waals surface area contributed by atoms with Crippen LogP contribution < -0.4 is 10.1 Å². The average molecular weight is 314 g/mol. The van der Waals surface area contributed by atoms with E-state index < -0.39 is 6.10 Å². The lowest BCUT2D eigenvalue weighted by Crippen LogP contribution is -2.46. The molecule has 1 rings (SSSR count). The van der Waals surface area contributed by atoms with Gasteiger partial charge in [0.05, 0.1) is 0 Å². The molecule has 0 saturated carbocycles. The number of nitrogens with one attached hydrogen (secondary N) is 1. The van der Waals surface area contributed by atoms with E-state index in [0.29, 0.717) is 17.3 Å². The molecule has 1 aromatic carbocycles. The minimum absolute atomic E-state index is 0.0144.